The number of carbonyl (C=O) groups excluding carboxylic acids is 4. The maximum absolute atomic E-state index is 11.1. The number of hydrogen-bond acceptors (Lipinski definition) is 12. The minimum absolute atomic E-state index is 0.188. The molecule has 14 nitrogen and oxygen atoms in total. The smallest absolute Gasteiger partial charge is 0.346 e. The average molecular weight is 380 g/mol. The average Bonchev–Trinajstić information content (AvgIpc) is 2.56. The molecule has 0 aromatic heterocycles. The van der Waals surface area contributed by atoms with Crippen LogP contribution in [0.5, 0.6) is 0 Å². The molecule has 0 heterocycles. The van der Waals surface area contributed by atoms with Crippen molar-refractivity contribution in [3.8, 4) is 0 Å². The maximum Gasteiger partial charge on any atom is 0.346 e. The van der Waals surface area contributed by atoms with E-state index < -0.39 is 60.2 Å². The van der Waals surface area contributed by atoms with Gasteiger partial charge in [-0.3, -0.25) is 0 Å². The predicted octanol–water partition coefficient (Wildman–Crippen LogP) is -4.70. The highest BCUT2D eigenvalue weighted by Gasteiger charge is 2.33. The molecule has 0 saturated carbocycles. The minimum Gasteiger partial charge on any atom is -0.479 e. The SMILES string of the molecule is O=C(/C=C\C(=O)OC(=O)C(O)C(O)C(=O)O)OC(=O)C(O)C(O)C(=O)O. The Balaban J connectivity index is 4.62. The van der Waals surface area contributed by atoms with Gasteiger partial charge < -0.3 is 40.1 Å². The number of hydrogen-bond donors (Lipinski definition) is 6. The molecular formula is C12H12O14. The number of carbonyl (C=O) groups is 6. The van der Waals surface area contributed by atoms with Crippen LogP contribution in [0.25, 0.3) is 0 Å². The van der Waals surface area contributed by atoms with Gasteiger partial charge in [0.1, 0.15) is 0 Å². The molecule has 6 N–H and O–H groups in total. The Hall–Kier alpha value is -3.20. The minimum atomic E-state index is -2.61. The Bertz CT molecular complexity index is 580. The van der Waals surface area contributed by atoms with E-state index in [0.717, 1.165) is 0 Å². The summed E-state index contributed by atoms with van der Waals surface area (Å²) in [4.78, 5) is 65.1. The molecule has 0 amide bonds. The zero-order chi connectivity index (χ0) is 20.6. The highest BCUT2D eigenvalue weighted by molar-refractivity contribution is 6.01. The summed E-state index contributed by atoms with van der Waals surface area (Å²) in [5.74, 6) is -11.0. The Kier molecular flexibility index (Phi) is 8.72. The van der Waals surface area contributed by atoms with Crippen molar-refractivity contribution in [3.05, 3.63) is 12.2 Å². The summed E-state index contributed by atoms with van der Waals surface area (Å²) in [7, 11) is 0. The van der Waals surface area contributed by atoms with Crippen LogP contribution in [0.3, 0.4) is 0 Å². The summed E-state index contributed by atoms with van der Waals surface area (Å²) < 4.78 is 7.72. The molecule has 0 aliphatic carbocycles. The molecule has 26 heavy (non-hydrogen) atoms. The van der Waals surface area contributed by atoms with Crippen molar-refractivity contribution in [1.82, 2.24) is 0 Å². The van der Waals surface area contributed by atoms with Crippen LogP contribution in [-0.2, 0) is 38.2 Å². The molecule has 0 fully saturated rings. The molecule has 0 saturated heterocycles. The fourth-order valence-corrected chi connectivity index (χ4v) is 1.05. The highest BCUT2D eigenvalue weighted by atomic mass is 16.6. The van der Waals surface area contributed by atoms with Crippen molar-refractivity contribution in [2.75, 3.05) is 0 Å². The Morgan fingerprint density at radius 2 is 0.846 bits per heavy atom. The summed E-state index contributed by atoms with van der Waals surface area (Å²) in [6.07, 6.45) is -9.99. The molecule has 0 aromatic rings. The van der Waals surface area contributed by atoms with Crippen LogP contribution in [0.2, 0.25) is 0 Å². The standard InChI is InChI=1S/C12H12O14/c13-3(25-11(23)7(17)5(15)9(19)20)1-2-4(14)26-12(24)8(18)6(16)10(21)22/h1-2,5-8,15-18H,(H,19,20)(H,21,22)/b2-1-. The van der Waals surface area contributed by atoms with E-state index in [1.54, 1.807) is 0 Å². The summed E-state index contributed by atoms with van der Waals surface area (Å²) in [6.45, 7) is 0. The largest absolute Gasteiger partial charge is 0.479 e. The third kappa shape index (κ3) is 7.14. The number of rotatable bonds is 8. The molecular weight excluding hydrogens is 368 g/mol. The monoisotopic (exact) mass is 380 g/mol. The van der Waals surface area contributed by atoms with Crippen LogP contribution in [-0.4, -0.2) is 90.9 Å². The lowest BCUT2D eigenvalue weighted by Gasteiger charge is -2.11. The second-order valence-electron chi connectivity index (χ2n) is 4.27. The highest BCUT2D eigenvalue weighted by Crippen LogP contribution is 2.00. The van der Waals surface area contributed by atoms with Crippen LogP contribution in [0.15, 0.2) is 12.2 Å². The zero-order valence-corrected chi connectivity index (χ0v) is 12.4. The first kappa shape index (κ1) is 22.8. The van der Waals surface area contributed by atoms with Gasteiger partial charge in [-0.1, -0.05) is 0 Å². The van der Waals surface area contributed by atoms with Crippen molar-refractivity contribution < 1.29 is 68.9 Å². The number of carboxylic acid groups (broad SMARTS) is 2. The van der Waals surface area contributed by atoms with E-state index in [9.17, 15) is 28.8 Å². The molecule has 144 valence electrons. The topological polar surface area (TPSA) is 242 Å². The second-order valence-corrected chi connectivity index (χ2v) is 4.27. The number of aliphatic carboxylic acids is 2. The van der Waals surface area contributed by atoms with Crippen LogP contribution >= 0.6 is 0 Å². The second kappa shape index (κ2) is 9.94. The van der Waals surface area contributed by atoms with Gasteiger partial charge in [-0.25, -0.2) is 28.8 Å². The molecule has 0 aliphatic rings. The van der Waals surface area contributed by atoms with Gasteiger partial charge in [0.15, 0.2) is 24.4 Å². The van der Waals surface area contributed by atoms with E-state index >= 15 is 0 Å². The third-order valence-electron chi connectivity index (χ3n) is 2.35. The van der Waals surface area contributed by atoms with Crippen LogP contribution in [0.1, 0.15) is 0 Å². The van der Waals surface area contributed by atoms with Gasteiger partial charge in [0.25, 0.3) is 0 Å². The normalized spacial score (nSPS) is 15.4. The van der Waals surface area contributed by atoms with Gasteiger partial charge in [0, 0.05) is 12.2 Å². The van der Waals surface area contributed by atoms with Gasteiger partial charge >= 0.3 is 35.8 Å². The summed E-state index contributed by atoms with van der Waals surface area (Å²) in [5.41, 5.74) is 0. The number of esters is 4. The van der Waals surface area contributed by atoms with E-state index in [0.29, 0.717) is 0 Å². The number of ether oxygens (including phenoxy) is 2. The Morgan fingerprint density at radius 1 is 0.577 bits per heavy atom. The van der Waals surface area contributed by atoms with E-state index in [-0.39, 0.29) is 12.2 Å². The lowest BCUT2D eigenvalue weighted by Crippen LogP contribution is -2.41. The van der Waals surface area contributed by atoms with Gasteiger partial charge in [0.05, 0.1) is 0 Å². The lowest BCUT2D eigenvalue weighted by atomic mass is 10.2. The molecule has 0 spiro atoms. The van der Waals surface area contributed by atoms with Crippen LogP contribution in [0.4, 0.5) is 0 Å². The van der Waals surface area contributed by atoms with Crippen LogP contribution < -0.4 is 0 Å². The fraction of sp³-hybridized carbons (Fsp3) is 0.333. The first-order valence-corrected chi connectivity index (χ1v) is 6.25. The maximum atomic E-state index is 11.1. The van der Waals surface area contributed by atoms with Gasteiger partial charge in [-0.15, -0.1) is 0 Å². The molecule has 0 bridgehead atoms. The molecule has 4 unspecified atom stereocenters. The first-order valence-electron chi connectivity index (χ1n) is 6.25. The van der Waals surface area contributed by atoms with Crippen molar-refractivity contribution in [3.63, 3.8) is 0 Å². The molecule has 0 rings (SSSR count). The molecule has 0 radical (unpaired) electrons. The predicted molar refractivity (Wildman–Crippen MR) is 70.6 cm³/mol. The quantitative estimate of drug-likeness (QED) is 0.132. The van der Waals surface area contributed by atoms with Crippen molar-refractivity contribution in [2.24, 2.45) is 0 Å². The summed E-state index contributed by atoms with van der Waals surface area (Å²) in [5, 5.41) is 52.5. The van der Waals surface area contributed by atoms with Crippen molar-refractivity contribution in [2.45, 2.75) is 24.4 Å². The van der Waals surface area contributed by atoms with Gasteiger partial charge in [-0.2, -0.15) is 0 Å². The first-order chi connectivity index (χ1) is 11.9. The fourth-order valence-electron chi connectivity index (χ4n) is 1.05. The van der Waals surface area contributed by atoms with E-state index in [2.05, 4.69) is 9.47 Å². The van der Waals surface area contributed by atoms with E-state index in [4.69, 9.17) is 30.6 Å². The van der Waals surface area contributed by atoms with E-state index in [1.165, 1.54) is 0 Å². The summed E-state index contributed by atoms with van der Waals surface area (Å²) >= 11 is 0. The summed E-state index contributed by atoms with van der Waals surface area (Å²) in [6, 6.07) is 0. The van der Waals surface area contributed by atoms with Gasteiger partial charge in [-0.05, 0) is 0 Å². The lowest BCUT2D eigenvalue weighted by molar-refractivity contribution is -0.174. The number of aliphatic hydroxyl groups excluding tert-OH is 4. The van der Waals surface area contributed by atoms with Crippen molar-refractivity contribution in [1.29, 1.82) is 0 Å². The molecule has 0 aromatic carbocycles. The zero-order valence-electron chi connectivity index (χ0n) is 12.4. The van der Waals surface area contributed by atoms with Crippen LogP contribution in [0, 0.1) is 0 Å². The number of carboxylic acids is 2. The number of aliphatic hydroxyl groups is 4. The Labute approximate surface area is 142 Å². The van der Waals surface area contributed by atoms with Gasteiger partial charge in [0.2, 0.25) is 0 Å². The molecule has 0 aliphatic heterocycles. The molecule has 4 atom stereocenters. The van der Waals surface area contributed by atoms with E-state index in [1.807, 2.05) is 0 Å². The van der Waals surface area contributed by atoms with Crippen molar-refractivity contribution >= 4 is 35.8 Å². The molecule has 14 heteroatoms. The third-order valence-corrected chi connectivity index (χ3v) is 2.35. The Morgan fingerprint density at radius 3 is 1.08 bits per heavy atom.